The lowest BCUT2D eigenvalue weighted by Crippen LogP contribution is -2.12. The van der Waals surface area contributed by atoms with Gasteiger partial charge in [0.1, 0.15) is 0 Å². The molecule has 1 heterocycles. The van der Waals surface area contributed by atoms with Gasteiger partial charge in [0.05, 0.1) is 9.35 Å². The van der Waals surface area contributed by atoms with E-state index in [2.05, 4.69) is 26.6 Å². The van der Waals surface area contributed by atoms with E-state index in [0.29, 0.717) is 23.4 Å². The van der Waals surface area contributed by atoms with Crippen molar-refractivity contribution in [3.63, 3.8) is 0 Å². The molecule has 0 saturated carbocycles. The second kappa shape index (κ2) is 6.67. The molecule has 0 aliphatic carbocycles. The van der Waals surface area contributed by atoms with Gasteiger partial charge in [0.25, 0.3) is 5.91 Å². The third-order valence-corrected chi connectivity index (χ3v) is 4.06. The molecule has 0 bridgehead atoms. The van der Waals surface area contributed by atoms with E-state index in [1.165, 1.54) is 11.3 Å². The van der Waals surface area contributed by atoms with Crippen molar-refractivity contribution in [2.24, 2.45) is 0 Å². The van der Waals surface area contributed by atoms with E-state index < -0.39 is 0 Å². The Balaban J connectivity index is 2.08. The van der Waals surface area contributed by atoms with Gasteiger partial charge >= 0.3 is 0 Å². The van der Waals surface area contributed by atoms with E-state index in [4.69, 9.17) is 0 Å². The summed E-state index contributed by atoms with van der Waals surface area (Å²) in [5.74, 6) is -0.235. The van der Waals surface area contributed by atoms with Crippen LogP contribution in [-0.2, 0) is 4.79 Å². The number of hydrogen-bond acceptors (Lipinski definition) is 3. The number of thiophene rings is 1. The zero-order valence-electron chi connectivity index (χ0n) is 10.8. The van der Waals surface area contributed by atoms with Crippen molar-refractivity contribution in [2.75, 3.05) is 10.6 Å². The Morgan fingerprint density at radius 2 is 1.90 bits per heavy atom. The molecule has 0 spiro atoms. The lowest BCUT2D eigenvalue weighted by molar-refractivity contribution is -0.115. The summed E-state index contributed by atoms with van der Waals surface area (Å²) in [5.41, 5.74) is 1.91. The van der Waals surface area contributed by atoms with Crippen LogP contribution in [-0.4, -0.2) is 11.8 Å². The lowest BCUT2D eigenvalue weighted by atomic mass is 10.2. The van der Waals surface area contributed by atoms with E-state index >= 15 is 0 Å². The molecular formula is C14H13BrN2O2S. The van der Waals surface area contributed by atoms with E-state index in [9.17, 15) is 9.59 Å². The number of anilines is 2. The summed E-state index contributed by atoms with van der Waals surface area (Å²) < 4.78 is 0.909. The second-order valence-electron chi connectivity index (χ2n) is 4.08. The highest BCUT2D eigenvalue weighted by molar-refractivity contribution is 9.11. The normalized spacial score (nSPS) is 10.1. The van der Waals surface area contributed by atoms with Gasteiger partial charge in [0.2, 0.25) is 5.91 Å². The number of halogens is 1. The summed E-state index contributed by atoms with van der Waals surface area (Å²) in [6.45, 7) is 1.79. The van der Waals surface area contributed by atoms with Gasteiger partial charge in [-0.15, -0.1) is 11.3 Å². The molecule has 0 saturated heterocycles. The first-order chi connectivity index (χ1) is 9.58. The maximum absolute atomic E-state index is 12.0. The molecule has 2 aromatic rings. The van der Waals surface area contributed by atoms with Gasteiger partial charge in [-0.05, 0) is 40.2 Å². The van der Waals surface area contributed by atoms with Gasteiger partial charge in [-0.25, -0.2) is 0 Å². The Morgan fingerprint density at radius 3 is 2.50 bits per heavy atom. The largest absolute Gasteiger partial charge is 0.326 e. The molecule has 0 fully saturated rings. The van der Waals surface area contributed by atoms with E-state index in [1.54, 1.807) is 42.6 Å². The molecule has 20 heavy (non-hydrogen) atoms. The summed E-state index contributed by atoms with van der Waals surface area (Å²) in [6, 6.07) is 8.84. The van der Waals surface area contributed by atoms with Crippen LogP contribution in [0.15, 0.2) is 39.5 Å². The van der Waals surface area contributed by atoms with Crippen LogP contribution in [0.4, 0.5) is 11.4 Å². The van der Waals surface area contributed by atoms with Crippen molar-refractivity contribution in [3.8, 4) is 0 Å². The minimum atomic E-state index is -0.175. The number of nitrogens with one attached hydrogen (secondary N) is 2. The van der Waals surface area contributed by atoms with E-state index in [-0.39, 0.29) is 11.8 Å². The fraction of sp³-hybridized carbons (Fsp3) is 0.143. The Bertz CT molecular complexity index is 640. The Labute approximate surface area is 129 Å². The Morgan fingerprint density at radius 1 is 1.20 bits per heavy atom. The topological polar surface area (TPSA) is 58.2 Å². The van der Waals surface area contributed by atoms with Crippen LogP contribution >= 0.6 is 27.3 Å². The summed E-state index contributed by atoms with van der Waals surface area (Å²) >= 11 is 4.78. The third-order valence-electron chi connectivity index (χ3n) is 2.55. The number of hydrogen-bond donors (Lipinski definition) is 2. The lowest BCUT2D eigenvalue weighted by Gasteiger charge is -2.07. The van der Waals surface area contributed by atoms with Gasteiger partial charge < -0.3 is 10.6 Å². The summed E-state index contributed by atoms with van der Waals surface area (Å²) in [6.07, 6.45) is 0.416. The molecule has 0 atom stereocenters. The first-order valence-electron chi connectivity index (χ1n) is 6.04. The quantitative estimate of drug-likeness (QED) is 0.869. The standard InChI is InChI=1S/C14H13BrN2O2S/c1-2-13(18)16-10-4-3-5-11(7-10)17-14(19)9-6-12(15)20-8-9/h3-8H,2H2,1H3,(H,16,18)(H,17,19). The van der Waals surface area contributed by atoms with Crippen molar-refractivity contribution in [2.45, 2.75) is 13.3 Å². The van der Waals surface area contributed by atoms with Crippen molar-refractivity contribution in [1.82, 2.24) is 0 Å². The smallest absolute Gasteiger partial charge is 0.256 e. The molecule has 6 heteroatoms. The molecule has 0 aliphatic heterocycles. The molecule has 2 amide bonds. The number of benzene rings is 1. The summed E-state index contributed by atoms with van der Waals surface area (Å²) in [7, 11) is 0. The van der Waals surface area contributed by atoms with Gasteiger partial charge in [0, 0.05) is 23.2 Å². The molecular weight excluding hydrogens is 340 g/mol. The molecule has 2 N–H and O–H groups in total. The molecule has 1 aromatic heterocycles. The first kappa shape index (κ1) is 14.7. The predicted molar refractivity (Wildman–Crippen MR) is 85.3 cm³/mol. The van der Waals surface area contributed by atoms with Gasteiger partial charge in [-0.3, -0.25) is 9.59 Å². The Hall–Kier alpha value is -1.66. The van der Waals surface area contributed by atoms with Crippen LogP contribution in [0.3, 0.4) is 0 Å². The fourth-order valence-corrected chi connectivity index (χ4v) is 2.69. The SMILES string of the molecule is CCC(=O)Nc1cccc(NC(=O)c2csc(Br)c2)c1. The molecule has 0 unspecified atom stereocenters. The highest BCUT2D eigenvalue weighted by Gasteiger charge is 2.08. The van der Waals surface area contributed by atoms with Gasteiger partial charge in [-0.1, -0.05) is 13.0 Å². The number of carbonyl (C=O) groups excluding carboxylic acids is 2. The molecule has 104 valence electrons. The Kier molecular flexibility index (Phi) is 4.92. The summed E-state index contributed by atoms with van der Waals surface area (Å²) in [5, 5.41) is 7.33. The van der Waals surface area contributed by atoms with Crippen LogP contribution in [0.25, 0.3) is 0 Å². The van der Waals surface area contributed by atoms with Crippen molar-refractivity contribution < 1.29 is 9.59 Å². The van der Waals surface area contributed by atoms with E-state index in [0.717, 1.165) is 3.79 Å². The highest BCUT2D eigenvalue weighted by Crippen LogP contribution is 2.22. The third kappa shape index (κ3) is 3.91. The van der Waals surface area contributed by atoms with Crippen LogP contribution in [0.1, 0.15) is 23.7 Å². The van der Waals surface area contributed by atoms with Gasteiger partial charge in [0.15, 0.2) is 0 Å². The van der Waals surface area contributed by atoms with Crippen LogP contribution in [0, 0.1) is 0 Å². The maximum Gasteiger partial charge on any atom is 0.256 e. The second-order valence-corrected chi connectivity index (χ2v) is 6.37. The fourth-order valence-electron chi connectivity index (χ4n) is 1.56. The molecule has 1 aromatic carbocycles. The van der Waals surface area contributed by atoms with Crippen molar-refractivity contribution in [1.29, 1.82) is 0 Å². The zero-order chi connectivity index (χ0) is 14.5. The zero-order valence-corrected chi connectivity index (χ0v) is 13.2. The molecule has 0 aliphatic rings. The average molecular weight is 353 g/mol. The number of amides is 2. The van der Waals surface area contributed by atoms with Crippen molar-refractivity contribution in [3.05, 3.63) is 45.1 Å². The minimum Gasteiger partial charge on any atom is -0.326 e. The molecule has 0 radical (unpaired) electrons. The maximum atomic E-state index is 12.0. The molecule has 4 nitrogen and oxygen atoms in total. The van der Waals surface area contributed by atoms with Crippen LogP contribution in [0.5, 0.6) is 0 Å². The van der Waals surface area contributed by atoms with E-state index in [1.807, 2.05) is 0 Å². The van der Waals surface area contributed by atoms with Gasteiger partial charge in [-0.2, -0.15) is 0 Å². The average Bonchev–Trinajstić information content (AvgIpc) is 2.86. The van der Waals surface area contributed by atoms with Crippen LogP contribution < -0.4 is 10.6 Å². The van der Waals surface area contributed by atoms with Crippen LogP contribution in [0.2, 0.25) is 0 Å². The molecule has 2 rings (SSSR count). The predicted octanol–water partition coefficient (Wildman–Crippen LogP) is 4.11. The minimum absolute atomic E-state index is 0.0600. The number of carbonyl (C=O) groups is 2. The number of rotatable bonds is 4. The highest BCUT2D eigenvalue weighted by atomic mass is 79.9. The monoisotopic (exact) mass is 352 g/mol. The van der Waals surface area contributed by atoms with Crippen molar-refractivity contribution >= 4 is 50.5 Å². The first-order valence-corrected chi connectivity index (χ1v) is 7.71. The summed E-state index contributed by atoms with van der Waals surface area (Å²) in [4.78, 5) is 23.3.